The van der Waals surface area contributed by atoms with Crippen LogP contribution in [-0.4, -0.2) is 12.6 Å². The predicted octanol–water partition coefficient (Wildman–Crippen LogP) is 4.49. The first-order valence-electron chi connectivity index (χ1n) is 6.74. The van der Waals surface area contributed by atoms with Crippen LogP contribution in [0.25, 0.3) is 0 Å². The Kier molecular flexibility index (Phi) is 6.92. The lowest BCUT2D eigenvalue weighted by Gasteiger charge is -2.14. The summed E-state index contributed by atoms with van der Waals surface area (Å²) in [5.41, 5.74) is 0.344. The second kappa shape index (κ2) is 8.20. The van der Waals surface area contributed by atoms with Crippen molar-refractivity contribution in [3.63, 3.8) is 0 Å². The van der Waals surface area contributed by atoms with Crippen LogP contribution in [0.5, 0.6) is 0 Å². The van der Waals surface area contributed by atoms with Gasteiger partial charge in [0, 0.05) is 4.90 Å². The van der Waals surface area contributed by atoms with Crippen LogP contribution in [0, 0.1) is 11.7 Å². The van der Waals surface area contributed by atoms with Crippen molar-refractivity contribution >= 4 is 18.6 Å². The van der Waals surface area contributed by atoms with Gasteiger partial charge in [0.2, 0.25) is 0 Å². The molecule has 1 atom stereocenters. The number of thiol groups is 1. The Morgan fingerprint density at radius 1 is 1.42 bits per heavy atom. The first kappa shape index (κ1) is 16.0. The summed E-state index contributed by atoms with van der Waals surface area (Å²) < 4.78 is 18.3. The number of carbonyl (C=O) groups excluding carboxylic acids is 1. The van der Waals surface area contributed by atoms with E-state index in [-0.39, 0.29) is 4.90 Å². The zero-order valence-corrected chi connectivity index (χ0v) is 12.4. The molecule has 1 rings (SSSR count). The van der Waals surface area contributed by atoms with Crippen LogP contribution in [0.3, 0.4) is 0 Å². The third kappa shape index (κ3) is 5.23. The van der Waals surface area contributed by atoms with Gasteiger partial charge in [0.25, 0.3) is 0 Å². The number of halogens is 1. The van der Waals surface area contributed by atoms with Crippen molar-refractivity contribution in [1.82, 2.24) is 0 Å². The summed E-state index contributed by atoms with van der Waals surface area (Å²) in [6.45, 7) is 4.66. The molecule has 106 valence electrons. The second-order valence-electron chi connectivity index (χ2n) is 4.68. The minimum absolute atomic E-state index is 0.160. The Labute approximate surface area is 119 Å². The molecule has 0 aromatic heterocycles. The molecule has 1 unspecified atom stereocenters. The average molecular weight is 284 g/mol. The van der Waals surface area contributed by atoms with Gasteiger partial charge in [-0.15, -0.1) is 12.6 Å². The third-order valence-corrected chi connectivity index (χ3v) is 3.52. The molecule has 0 heterocycles. The highest BCUT2D eigenvalue weighted by molar-refractivity contribution is 7.80. The SMILES string of the molecule is CCCCC(CC)COC(=O)c1ccc(F)c(S)c1. The zero-order valence-electron chi connectivity index (χ0n) is 11.5. The topological polar surface area (TPSA) is 26.3 Å². The van der Waals surface area contributed by atoms with Crippen LogP contribution in [0.1, 0.15) is 49.9 Å². The van der Waals surface area contributed by atoms with Crippen molar-refractivity contribution < 1.29 is 13.9 Å². The van der Waals surface area contributed by atoms with Crippen molar-refractivity contribution in [2.75, 3.05) is 6.61 Å². The maximum atomic E-state index is 13.0. The Balaban J connectivity index is 2.52. The monoisotopic (exact) mass is 284 g/mol. The molecule has 0 saturated heterocycles. The molecule has 0 spiro atoms. The minimum atomic E-state index is -0.436. The predicted molar refractivity (Wildman–Crippen MR) is 77.2 cm³/mol. The van der Waals surface area contributed by atoms with Gasteiger partial charge in [-0.2, -0.15) is 0 Å². The Morgan fingerprint density at radius 3 is 2.74 bits per heavy atom. The van der Waals surface area contributed by atoms with Crippen LogP contribution in [0.4, 0.5) is 4.39 Å². The smallest absolute Gasteiger partial charge is 0.338 e. The maximum Gasteiger partial charge on any atom is 0.338 e. The van der Waals surface area contributed by atoms with E-state index in [1.165, 1.54) is 18.2 Å². The van der Waals surface area contributed by atoms with Crippen molar-refractivity contribution in [1.29, 1.82) is 0 Å². The molecule has 1 aromatic rings. The molecular formula is C15H21FO2S. The van der Waals surface area contributed by atoms with Crippen LogP contribution in [0.15, 0.2) is 23.1 Å². The zero-order chi connectivity index (χ0) is 14.3. The highest BCUT2D eigenvalue weighted by Crippen LogP contribution is 2.17. The number of hydrogen-bond acceptors (Lipinski definition) is 3. The van der Waals surface area contributed by atoms with Gasteiger partial charge >= 0.3 is 5.97 Å². The number of unbranched alkanes of at least 4 members (excludes halogenated alkanes) is 1. The van der Waals surface area contributed by atoms with Crippen molar-refractivity contribution in [2.45, 2.75) is 44.4 Å². The lowest BCUT2D eigenvalue weighted by molar-refractivity contribution is 0.0428. The summed E-state index contributed by atoms with van der Waals surface area (Å²) in [5.74, 6) is -0.445. The number of rotatable bonds is 7. The third-order valence-electron chi connectivity index (χ3n) is 3.18. The molecule has 1 aromatic carbocycles. The molecule has 0 aliphatic carbocycles. The molecule has 0 radical (unpaired) electrons. The molecule has 2 nitrogen and oxygen atoms in total. The van der Waals surface area contributed by atoms with E-state index in [1.807, 2.05) is 0 Å². The van der Waals surface area contributed by atoms with Gasteiger partial charge in [0.05, 0.1) is 12.2 Å². The maximum absolute atomic E-state index is 13.0. The number of carbonyl (C=O) groups is 1. The van der Waals surface area contributed by atoms with Gasteiger partial charge in [-0.05, 0) is 30.5 Å². The number of hydrogen-bond donors (Lipinski definition) is 1. The largest absolute Gasteiger partial charge is 0.462 e. The fourth-order valence-corrected chi connectivity index (χ4v) is 2.03. The first-order chi connectivity index (χ1) is 9.08. The van der Waals surface area contributed by atoms with E-state index in [9.17, 15) is 9.18 Å². The minimum Gasteiger partial charge on any atom is -0.462 e. The normalized spacial score (nSPS) is 12.2. The highest BCUT2D eigenvalue weighted by atomic mass is 32.1. The Bertz CT molecular complexity index is 421. The number of ether oxygens (including phenoxy) is 1. The lowest BCUT2D eigenvalue weighted by Crippen LogP contribution is -2.14. The van der Waals surface area contributed by atoms with E-state index in [0.29, 0.717) is 18.1 Å². The summed E-state index contributed by atoms with van der Waals surface area (Å²) in [6, 6.07) is 4.05. The molecule has 4 heteroatoms. The molecule has 0 N–H and O–H groups in total. The fraction of sp³-hybridized carbons (Fsp3) is 0.533. The Morgan fingerprint density at radius 2 is 2.16 bits per heavy atom. The lowest BCUT2D eigenvalue weighted by atomic mass is 10.0. The summed E-state index contributed by atoms with van der Waals surface area (Å²) in [4.78, 5) is 12.0. The highest BCUT2D eigenvalue weighted by Gasteiger charge is 2.13. The van der Waals surface area contributed by atoms with E-state index in [1.54, 1.807) is 0 Å². The standard InChI is InChI=1S/C15H21FO2S/c1-3-5-6-11(4-2)10-18-15(17)12-7-8-13(16)14(19)9-12/h7-9,11,19H,3-6,10H2,1-2H3. The fourth-order valence-electron chi connectivity index (χ4n) is 1.81. The van der Waals surface area contributed by atoms with Crippen LogP contribution in [0.2, 0.25) is 0 Å². The summed E-state index contributed by atoms with van der Waals surface area (Å²) in [6.07, 6.45) is 4.36. The molecule has 0 saturated carbocycles. The van der Waals surface area contributed by atoms with Gasteiger partial charge in [-0.1, -0.05) is 33.1 Å². The quantitative estimate of drug-likeness (QED) is 0.590. The Hall–Kier alpha value is -1.03. The van der Waals surface area contributed by atoms with Gasteiger partial charge in [0.15, 0.2) is 0 Å². The van der Waals surface area contributed by atoms with Gasteiger partial charge < -0.3 is 4.74 Å². The van der Waals surface area contributed by atoms with E-state index in [4.69, 9.17) is 4.74 Å². The average Bonchev–Trinajstić information content (AvgIpc) is 2.41. The van der Waals surface area contributed by atoms with E-state index in [2.05, 4.69) is 26.5 Å². The molecule has 0 bridgehead atoms. The number of esters is 1. The first-order valence-corrected chi connectivity index (χ1v) is 7.18. The van der Waals surface area contributed by atoms with Gasteiger partial charge in [0.1, 0.15) is 5.82 Å². The van der Waals surface area contributed by atoms with E-state index >= 15 is 0 Å². The van der Waals surface area contributed by atoms with Crippen LogP contribution in [-0.2, 0) is 4.74 Å². The van der Waals surface area contributed by atoms with E-state index in [0.717, 1.165) is 25.7 Å². The molecular weight excluding hydrogens is 263 g/mol. The van der Waals surface area contributed by atoms with E-state index < -0.39 is 11.8 Å². The molecule has 0 aliphatic rings. The molecule has 0 aliphatic heterocycles. The second-order valence-corrected chi connectivity index (χ2v) is 5.16. The molecule has 0 fully saturated rings. The van der Waals surface area contributed by atoms with Crippen molar-refractivity contribution in [3.8, 4) is 0 Å². The van der Waals surface area contributed by atoms with Gasteiger partial charge in [-0.25, -0.2) is 9.18 Å². The summed E-state index contributed by atoms with van der Waals surface area (Å²) >= 11 is 3.95. The van der Waals surface area contributed by atoms with Crippen LogP contribution >= 0.6 is 12.6 Å². The number of benzene rings is 1. The van der Waals surface area contributed by atoms with Gasteiger partial charge in [-0.3, -0.25) is 0 Å². The summed E-state index contributed by atoms with van der Waals surface area (Å²) in [5, 5.41) is 0. The van der Waals surface area contributed by atoms with Crippen LogP contribution < -0.4 is 0 Å². The molecule has 0 amide bonds. The van der Waals surface area contributed by atoms with Crippen molar-refractivity contribution in [2.24, 2.45) is 5.92 Å². The van der Waals surface area contributed by atoms with Crippen molar-refractivity contribution in [3.05, 3.63) is 29.6 Å². The summed E-state index contributed by atoms with van der Waals surface area (Å²) in [7, 11) is 0. The molecule has 19 heavy (non-hydrogen) atoms.